The lowest BCUT2D eigenvalue weighted by Crippen LogP contribution is -2.45. The Morgan fingerprint density at radius 2 is 1.84 bits per heavy atom. The van der Waals surface area contributed by atoms with E-state index < -0.39 is 0 Å². The van der Waals surface area contributed by atoms with Crippen molar-refractivity contribution >= 4 is 5.91 Å². The molecule has 2 aliphatic rings. The normalized spacial score (nSPS) is 26.9. The van der Waals surface area contributed by atoms with Crippen LogP contribution >= 0.6 is 0 Å². The van der Waals surface area contributed by atoms with Crippen LogP contribution in [0.25, 0.3) is 0 Å². The summed E-state index contributed by atoms with van der Waals surface area (Å²) in [6.07, 6.45) is 9.62. The Morgan fingerprint density at radius 3 is 2.53 bits per heavy atom. The topological polar surface area (TPSA) is 52.6 Å². The van der Waals surface area contributed by atoms with Crippen LogP contribution in [0.15, 0.2) is 0 Å². The second kappa shape index (κ2) is 7.85. The molecule has 1 aliphatic carbocycles. The maximum atomic E-state index is 12.1. The highest BCUT2D eigenvalue weighted by atomic mass is 16.3. The van der Waals surface area contributed by atoms with Crippen LogP contribution in [0.2, 0.25) is 0 Å². The van der Waals surface area contributed by atoms with E-state index in [0.717, 1.165) is 38.8 Å². The van der Waals surface area contributed by atoms with Gasteiger partial charge in [0.05, 0.1) is 6.54 Å². The fourth-order valence-electron chi connectivity index (χ4n) is 3.34. The highest BCUT2D eigenvalue weighted by Gasteiger charge is 2.22. The third-order valence-electron chi connectivity index (χ3n) is 4.45. The Balaban J connectivity index is 1.70. The van der Waals surface area contributed by atoms with E-state index in [1.807, 2.05) is 0 Å². The first-order valence-electron chi connectivity index (χ1n) is 7.90. The number of aliphatic hydroxyl groups excluding tert-OH is 1. The van der Waals surface area contributed by atoms with E-state index in [9.17, 15) is 9.90 Å². The largest absolute Gasteiger partial charge is 0.396 e. The second-order valence-electron chi connectivity index (χ2n) is 6.18. The standard InChI is InChI=1S/C15H28N2O2/c18-12-13-6-5-9-17(10-13)11-15(19)16-14-7-3-1-2-4-8-14/h13-14,18H,1-12H2,(H,16,19). The van der Waals surface area contributed by atoms with Gasteiger partial charge in [-0.25, -0.2) is 0 Å². The zero-order chi connectivity index (χ0) is 13.5. The minimum Gasteiger partial charge on any atom is -0.396 e. The minimum absolute atomic E-state index is 0.172. The molecule has 1 amide bonds. The summed E-state index contributed by atoms with van der Waals surface area (Å²) in [5.74, 6) is 0.532. The lowest BCUT2D eigenvalue weighted by atomic mass is 9.99. The molecule has 0 radical (unpaired) electrons. The van der Waals surface area contributed by atoms with Crippen LogP contribution in [0, 0.1) is 5.92 Å². The van der Waals surface area contributed by atoms with Gasteiger partial charge in [0.2, 0.25) is 5.91 Å². The second-order valence-corrected chi connectivity index (χ2v) is 6.18. The Kier molecular flexibility index (Phi) is 6.11. The van der Waals surface area contributed by atoms with Gasteiger partial charge in [-0.05, 0) is 38.1 Å². The molecule has 4 heteroatoms. The smallest absolute Gasteiger partial charge is 0.234 e. The van der Waals surface area contributed by atoms with Crippen molar-refractivity contribution in [3.8, 4) is 0 Å². The fraction of sp³-hybridized carbons (Fsp3) is 0.933. The predicted octanol–water partition coefficient (Wildman–Crippen LogP) is 1.53. The number of nitrogens with one attached hydrogen (secondary N) is 1. The van der Waals surface area contributed by atoms with Crippen molar-refractivity contribution in [1.29, 1.82) is 0 Å². The van der Waals surface area contributed by atoms with Gasteiger partial charge in [-0.15, -0.1) is 0 Å². The maximum Gasteiger partial charge on any atom is 0.234 e. The van der Waals surface area contributed by atoms with Gasteiger partial charge in [-0.2, -0.15) is 0 Å². The van der Waals surface area contributed by atoms with E-state index in [1.54, 1.807) is 0 Å². The van der Waals surface area contributed by atoms with E-state index in [0.29, 0.717) is 18.5 Å². The van der Waals surface area contributed by atoms with E-state index in [1.165, 1.54) is 25.7 Å². The molecular formula is C15H28N2O2. The van der Waals surface area contributed by atoms with Crippen LogP contribution < -0.4 is 5.32 Å². The molecule has 2 N–H and O–H groups in total. The monoisotopic (exact) mass is 268 g/mol. The molecule has 0 bridgehead atoms. The molecule has 19 heavy (non-hydrogen) atoms. The molecule has 0 spiro atoms. The van der Waals surface area contributed by atoms with Crippen molar-refractivity contribution in [3.63, 3.8) is 0 Å². The van der Waals surface area contributed by atoms with Gasteiger partial charge in [0.1, 0.15) is 0 Å². The van der Waals surface area contributed by atoms with Crippen molar-refractivity contribution in [3.05, 3.63) is 0 Å². The number of amides is 1. The Morgan fingerprint density at radius 1 is 1.11 bits per heavy atom. The Hall–Kier alpha value is -0.610. The van der Waals surface area contributed by atoms with Gasteiger partial charge in [0, 0.05) is 19.2 Å². The van der Waals surface area contributed by atoms with Gasteiger partial charge >= 0.3 is 0 Å². The van der Waals surface area contributed by atoms with E-state index >= 15 is 0 Å². The highest BCUT2D eigenvalue weighted by Crippen LogP contribution is 2.18. The van der Waals surface area contributed by atoms with Crippen molar-refractivity contribution in [2.45, 2.75) is 57.4 Å². The number of piperidine rings is 1. The molecule has 1 saturated heterocycles. The SMILES string of the molecule is O=C(CN1CCCC(CO)C1)NC1CCCCCC1. The zero-order valence-electron chi connectivity index (χ0n) is 11.9. The van der Waals surface area contributed by atoms with E-state index in [4.69, 9.17) is 0 Å². The van der Waals surface area contributed by atoms with Crippen LogP contribution in [0.5, 0.6) is 0 Å². The average molecular weight is 268 g/mol. The third kappa shape index (κ3) is 5.11. The summed E-state index contributed by atoms with van der Waals surface area (Å²) in [7, 11) is 0. The summed E-state index contributed by atoms with van der Waals surface area (Å²) in [4.78, 5) is 14.3. The van der Waals surface area contributed by atoms with Gasteiger partial charge in [0.25, 0.3) is 0 Å². The molecule has 0 aromatic heterocycles. The molecule has 4 nitrogen and oxygen atoms in total. The molecular weight excluding hydrogens is 240 g/mol. The number of rotatable bonds is 4. The van der Waals surface area contributed by atoms with Gasteiger partial charge in [-0.3, -0.25) is 9.69 Å². The summed E-state index contributed by atoms with van der Waals surface area (Å²) >= 11 is 0. The van der Waals surface area contributed by atoms with Crippen LogP contribution in [-0.2, 0) is 4.79 Å². The molecule has 2 rings (SSSR count). The summed E-state index contributed by atoms with van der Waals surface area (Å²) in [6, 6.07) is 0.397. The van der Waals surface area contributed by atoms with Crippen LogP contribution in [0.3, 0.4) is 0 Å². The molecule has 1 unspecified atom stereocenters. The van der Waals surface area contributed by atoms with Gasteiger partial charge < -0.3 is 10.4 Å². The molecule has 110 valence electrons. The Bertz CT molecular complexity index is 275. The fourth-order valence-corrected chi connectivity index (χ4v) is 3.34. The number of nitrogens with zero attached hydrogens (tertiary/aromatic N) is 1. The molecule has 1 atom stereocenters. The third-order valence-corrected chi connectivity index (χ3v) is 4.45. The summed E-state index contributed by atoms with van der Waals surface area (Å²) in [5.41, 5.74) is 0. The molecule has 1 saturated carbocycles. The lowest BCUT2D eigenvalue weighted by Gasteiger charge is -2.31. The van der Waals surface area contributed by atoms with E-state index in [2.05, 4.69) is 10.2 Å². The first-order chi connectivity index (χ1) is 9.28. The molecule has 1 heterocycles. The number of carbonyl (C=O) groups excluding carboxylic acids is 1. The number of hydrogen-bond donors (Lipinski definition) is 2. The molecule has 0 aromatic carbocycles. The van der Waals surface area contributed by atoms with Crippen molar-refractivity contribution in [2.24, 2.45) is 5.92 Å². The highest BCUT2D eigenvalue weighted by molar-refractivity contribution is 5.78. The van der Waals surface area contributed by atoms with Crippen molar-refractivity contribution in [2.75, 3.05) is 26.2 Å². The number of likely N-dealkylation sites (tertiary alicyclic amines) is 1. The van der Waals surface area contributed by atoms with Crippen molar-refractivity contribution < 1.29 is 9.90 Å². The predicted molar refractivity (Wildman–Crippen MR) is 75.9 cm³/mol. The average Bonchev–Trinajstić information content (AvgIpc) is 2.67. The first-order valence-corrected chi connectivity index (χ1v) is 7.90. The van der Waals surface area contributed by atoms with E-state index in [-0.39, 0.29) is 12.5 Å². The first kappa shape index (κ1) is 14.8. The number of carbonyl (C=O) groups is 1. The van der Waals surface area contributed by atoms with Crippen LogP contribution in [0.4, 0.5) is 0 Å². The Labute approximate surface area is 116 Å². The minimum atomic E-state index is 0.172. The van der Waals surface area contributed by atoms with Gasteiger partial charge in [-0.1, -0.05) is 25.7 Å². The van der Waals surface area contributed by atoms with Crippen LogP contribution in [0.1, 0.15) is 51.4 Å². The quantitative estimate of drug-likeness (QED) is 0.760. The summed E-state index contributed by atoms with van der Waals surface area (Å²) in [6.45, 7) is 2.62. The number of hydrogen-bond acceptors (Lipinski definition) is 3. The molecule has 2 fully saturated rings. The van der Waals surface area contributed by atoms with Gasteiger partial charge in [0.15, 0.2) is 0 Å². The summed E-state index contributed by atoms with van der Waals surface area (Å²) in [5, 5.41) is 12.4. The van der Waals surface area contributed by atoms with Crippen LogP contribution in [-0.4, -0.2) is 48.2 Å². The maximum absolute atomic E-state index is 12.1. The number of aliphatic hydroxyl groups is 1. The zero-order valence-corrected chi connectivity index (χ0v) is 11.9. The lowest BCUT2D eigenvalue weighted by molar-refractivity contribution is -0.123. The molecule has 1 aliphatic heterocycles. The molecule has 0 aromatic rings. The van der Waals surface area contributed by atoms with Crippen molar-refractivity contribution in [1.82, 2.24) is 10.2 Å². The summed E-state index contributed by atoms with van der Waals surface area (Å²) < 4.78 is 0.